The zero-order chi connectivity index (χ0) is 6.53. The van der Waals surface area contributed by atoms with E-state index in [0.29, 0.717) is 5.75 Å². The van der Waals surface area contributed by atoms with Crippen LogP contribution in [0.3, 0.4) is 0 Å². The first-order valence-electron chi connectivity index (χ1n) is 2.52. The van der Waals surface area contributed by atoms with E-state index < -0.39 is 8.69 Å². The van der Waals surface area contributed by atoms with Crippen LogP contribution < -0.4 is 4.52 Å². The fraction of sp³-hybridized carbons (Fsp3) is 0. The average molecular weight is 165 g/mol. The number of benzene rings is 1. The molecule has 1 unspecified atom stereocenters. The summed E-state index contributed by atoms with van der Waals surface area (Å²) in [5, 5.41) is 0. The Hall–Kier alpha value is -0.114. The molecule has 4 heteroatoms. The van der Waals surface area contributed by atoms with Crippen LogP contribution in [0.5, 0.6) is 5.75 Å². The highest BCUT2D eigenvalue weighted by atomic mass is 31.1. The summed E-state index contributed by atoms with van der Waals surface area (Å²) in [6.45, 7) is 0. The van der Waals surface area contributed by atoms with Gasteiger partial charge in [0.05, 0.1) is 0 Å². The highest BCUT2D eigenvalue weighted by molar-refractivity contribution is 7.17. The standard InChI is InChI=1S/C6H6O2P.Mg/c7-9-8-6-4-2-1-3-5-6;/h1-5,9H;/q+1;. The lowest BCUT2D eigenvalue weighted by Gasteiger charge is -1.84. The Labute approximate surface area is 77.0 Å². The molecule has 48 valence electrons. The molecular formula is C6H6MgO2P+. The van der Waals surface area contributed by atoms with Crippen molar-refractivity contribution in [3.8, 4) is 5.75 Å². The van der Waals surface area contributed by atoms with Crippen molar-refractivity contribution in [1.29, 1.82) is 0 Å². The second-order valence-electron chi connectivity index (χ2n) is 1.50. The van der Waals surface area contributed by atoms with Gasteiger partial charge in [0.2, 0.25) is 0 Å². The minimum absolute atomic E-state index is 0. The highest BCUT2D eigenvalue weighted by Gasteiger charge is 1.92. The van der Waals surface area contributed by atoms with Crippen molar-refractivity contribution in [3.63, 3.8) is 0 Å². The van der Waals surface area contributed by atoms with E-state index in [9.17, 15) is 4.57 Å². The van der Waals surface area contributed by atoms with Crippen molar-refractivity contribution in [1.82, 2.24) is 0 Å². The smallest absolute Gasteiger partial charge is 0.256 e. The first-order valence-corrected chi connectivity index (χ1v) is 3.34. The molecule has 1 rings (SSSR count). The van der Waals surface area contributed by atoms with Crippen LogP contribution >= 0.6 is 8.69 Å². The Bertz CT molecular complexity index is 190. The Morgan fingerprint density at radius 3 is 2.30 bits per heavy atom. The lowest BCUT2D eigenvalue weighted by Crippen LogP contribution is -1.70. The van der Waals surface area contributed by atoms with Crippen LogP contribution in [0.25, 0.3) is 0 Å². The van der Waals surface area contributed by atoms with Crippen LogP contribution in [0, 0.1) is 0 Å². The third-order valence-corrected chi connectivity index (χ3v) is 1.22. The molecule has 0 saturated carbocycles. The van der Waals surface area contributed by atoms with E-state index in [2.05, 4.69) is 4.52 Å². The fourth-order valence-corrected chi connectivity index (χ4v) is 0.769. The first-order chi connectivity index (χ1) is 4.43. The minimum atomic E-state index is -0.715. The molecule has 0 heterocycles. The Morgan fingerprint density at radius 1 is 1.20 bits per heavy atom. The van der Waals surface area contributed by atoms with Crippen molar-refractivity contribution in [2.75, 3.05) is 0 Å². The molecule has 0 aromatic heterocycles. The summed E-state index contributed by atoms with van der Waals surface area (Å²) in [4.78, 5) is 0. The molecule has 2 radical (unpaired) electrons. The van der Waals surface area contributed by atoms with Crippen LogP contribution in [-0.4, -0.2) is 23.1 Å². The van der Waals surface area contributed by atoms with Gasteiger partial charge < -0.3 is 0 Å². The summed E-state index contributed by atoms with van der Waals surface area (Å²) in [6, 6.07) is 9.04. The van der Waals surface area contributed by atoms with Crippen molar-refractivity contribution in [2.45, 2.75) is 0 Å². The lowest BCUT2D eigenvalue weighted by atomic mass is 10.3. The predicted molar refractivity (Wildman–Crippen MR) is 41.8 cm³/mol. The molecule has 0 amide bonds. The van der Waals surface area contributed by atoms with E-state index in [4.69, 9.17) is 0 Å². The summed E-state index contributed by atoms with van der Waals surface area (Å²) in [7, 11) is -0.715. The van der Waals surface area contributed by atoms with Crippen LogP contribution in [0.4, 0.5) is 0 Å². The van der Waals surface area contributed by atoms with Gasteiger partial charge in [0, 0.05) is 23.1 Å². The minimum Gasteiger partial charge on any atom is -0.256 e. The molecule has 0 aliphatic rings. The number of hydrogen-bond donors (Lipinski definition) is 0. The second kappa shape index (κ2) is 5.65. The molecule has 0 N–H and O–H groups in total. The molecule has 0 bridgehead atoms. The van der Waals surface area contributed by atoms with Crippen LogP contribution in [0.15, 0.2) is 30.3 Å². The summed E-state index contributed by atoms with van der Waals surface area (Å²) >= 11 is 0. The van der Waals surface area contributed by atoms with Gasteiger partial charge in [0.1, 0.15) is 0 Å². The Balaban J connectivity index is 0.000000810. The number of para-hydroxylation sites is 1. The zero-order valence-corrected chi connectivity index (χ0v) is 7.82. The van der Waals surface area contributed by atoms with Crippen molar-refractivity contribution in [3.05, 3.63) is 30.3 Å². The maximum absolute atomic E-state index is 9.90. The van der Waals surface area contributed by atoms with Gasteiger partial charge in [-0.05, 0) is 16.7 Å². The monoisotopic (exact) mass is 165 g/mol. The zero-order valence-electron chi connectivity index (χ0n) is 5.41. The number of hydrogen-bond acceptors (Lipinski definition) is 2. The molecule has 0 fully saturated rings. The molecule has 1 aromatic rings. The highest BCUT2D eigenvalue weighted by Crippen LogP contribution is 2.12. The number of rotatable bonds is 2. The van der Waals surface area contributed by atoms with E-state index in [1.54, 1.807) is 12.1 Å². The normalized spacial score (nSPS) is 8.40. The Morgan fingerprint density at radius 2 is 1.80 bits per heavy atom. The molecule has 0 aliphatic carbocycles. The SMILES string of the molecule is O=[PH+]Oc1ccccc1.[Mg]. The van der Waals surface area contributed by atoms with E-state index in [0.717, 1.165) is 0 Å². The summed E-state index contributed by atoms with van der Waals surface area (Å²) in [6.07, 6.45) is 0. The summed E-state index contributed by atoms with van der Waals surface area (Å²) < 4.78 is 14.6. The Kier molecular flexibility index (Phi) is 5.59. The van der Waals surface area contributed by atoms with Crippen molar-refractivity contribution in [2.24, 2.45) is 0 Å². The second-order valence-corrected chi connectivity index (χ2v) is 1.87. The van der Waals surface area contributed by atoms with Crippen LogP contribution in [-0.2, 0) is 4.57 Å². The lowest BCUT2D eigenvalue weighted by molar-refractivity contribution is 0.525. The molecule has 0 aliphatic heterocycles. The van der Waals surface area contributed by atoms with Gasteiger partial charge in [-0.2, -0.15) is 0 Å². The van der Waals surface area contributed by atoms with Gasteiger partial charge in [-0.15, -0.1) is 0 Å². The van der Waals surface area contributed by atoms with Gasteiger partial charge in [0.25, 0.3) is 0 Å². The van der Waals surface area contributed by atoms with Crippen LogP contribution in [0.2, 0.25) is 0 Å². The van der Waals surface area contributed by atoms with Gasteiger partial charge in [0.15, 0.2) is 5.75 Å². The molecule has 1 aromatic carbocycles. The predicted octanol–water partition coefficient (Wildman–Crippen LogP) is 1.62. The van der Waals surface area contributed by atoms with Crippen molar-refractivity contribution < 1.29 is 9.09 Å². The molecule has 10 heavy (non-hydrogen) atoms. The fourth-order valence-electron chi connectivity index (χ4n) is 0.537. The van der Waals surface area contributed by atoms with E-state index >= 15 is 0 Å². The van der Waals surface area contributed by atoms with E-state index in [1.807, 2.05) is 18.2 Å². The van der Waals surface area contributed by atoms with E-state index in [-0.39, 0.29) is 23.1 Å². The van der Waals surface area contributed by atoms with Gasteiger partial charge >= 0.3 is 8.69 Å². The maximum Gasteiger partial charge on any atom is 0.542 e. The van der Waals surface area contributed by atoms with E-state index in [1.165, 1.54) is 0 Å². The van der Waals surface area contributed by atoms with Gasteiger partial charge in [-0.3, -0.25) is 4.52 Å². The van der Waals surface area contributed by atoms with Gasteiger partial charge in [-0.25, -0.2) is 0 Å². The molecular weight excluding hydrogens is 159 g/mol. The molecule has 1 atom stereocenters. The van der Waals surface area contributed by atoms with Crippen LogP contribution in [0.1, 0.15) is 0 Å². The third-order valence-electron chi connectivity index (χ3n) is 0.903. The summed E-state index contributed by atoms with van der Waals surface area (Å²) in [5.74, 6) is 0.644. The molecule has 2 nitrogen and oxygen atoms in total. The summed E-state index contributed by atoms with van der Waals surface area (Å²) in [5.41, 5.74) is 0. The maximum atomic E-state index is 9.90. The van der Waals surface area contributed by atoms with Crippen molar-refractivity contribution >= 4 is 31.7 Å². The van der Waals surface area contributed by atoms with Gasteiger partial charge in [-0.1, -0.05) is 18.2 Å². The molecule has 0 saturated heterocycles. The quantitative estimate of drug-likeness (QED) is 0.492. The molecule has 0 spiro atoms. The third kappa shape index (κ3) is 3.16. The first kappa shape index (κ1) is 9.89. The average Bonchev–Trinajstić information content (AvgIpc) is 1.91. The topological polar surface area (TPSA) is 26.3 Å². The largest absolute Gasteiger partial charge is 0.542 e.